The highest BCUT2D eigenvalue weighted by Gasteiger charge is 2.23. The van der Waals surface area contributed by atoms with E-state index in [1.165, 1.54) is 6.07 Å². The van der Waals surface area contributed by atoms with Gasteiger partial charge in [0.25, 0.3) is 0 Å². The predicted octanol–water partition coefficient (Wildman–Crippen LogP) is 3.30. The van der Waals surface area contributed by atoms with Crippen LogP contribution in [0, 0.1) is 5.82 Å². The minimum Gasteiger partial charge on any atom is -0.376 e. The number of aliphatic imine (C=N–C) groups is 1. The van der Waals surface area contributed by atoms with E-state index in [0.717, 1.165) is 55.4 Å². The van der Waals surface area contributed by atoms with Gasteiger partial charge in [0, 0.05) is 32.0 Å². The molecule has 1 fully saturated rings. The van der Waals surface area contributed by atoms with Gasteiger partial charge in [-0.25, -0.2) is 4.39 Å². The molecule has 114 valence electrons. The summed E-state index contributed by atoms with van der Waals surface area (Å²) in [5, 5.41) is 1.08. The van der Waals surface area contributed by atoms with Gasteiger partial charge < -0.3 is 9.64 Å². The summed E-state index contributed by atoms with van der Waals surface area (Å²) < 4.78 is 19.1. The monoisotopic (exact) mass is 308 g/mol. The average molecular weight is 308 g/mol. The van der Waals surface area contributed by atoms with E-state index in [9.17, 15) is 4.39 Å². The molecule has 3 rings (SSSR count). The molecule has 1 saturated heterocycles. The van der Waals surface area contributed by atoms with Gasteiger partial charge in [0.15, 0.2) is 5.17 Å². The molecule has 2 heterocycles. The van der Waals surface area contributed by atoms with Crippen LogP contribution in [-0.4, -0.2) is 41.6 Å². The first kappa shape index (κ1) is 14.9. The highest BCUT2D eigenvalue weighted by atomic mass is 32.2. The highest BCUT2D eigenvalue weighted by molar-refractivity contribution is 8.13. The van der Waals surface area contributed by atoms with E-state index in [-0.39, 0.29) is 11.9 Å². The second kappa shape index (κ2) is 7.27. The predicted molar refractivity (Wildman–Crippen MR) is 85.2 cm³/mol. The van der Waals surface area contributed by atoms with E-state index < -0.39 is 0 Å². The molecule has 3 nitrogen and oxygen atoms in total. The minimum absolute atomic E-state index is 0.178. The Morgan fingerprint density at radius 3 is 3.05 bits per heavy atom. The van der Waals surface area contributed by atoms with Crippen molar-refractivity contribution in [1.82, 2.24) is 4.90 Å². The van der Waals surface area contributed by atoms with Gasteiger partial charge in [-0.15, -0.1) is 0 Å². The molecule has 0 aromatic heterocycles. The lowest BCUT2D eigenvalue weighted by Crippen LogP contribution is -2.36. The Balaban J connectivity index is 1.72. The molecule has 0 aliphatic carbocycles. The summed E-state index contributed by atoms with van der Waals surface area (Å²) in [6, 6.07) is 6.84. The molecule has 0 radical (unpaired) electrons. The summed E-state index contributed by atoms with van der Waals surface area (Å²) in [6.45, 7) is 3.30. The number of ether oxygens (including phenoxy) is 1. The summed E-state index contributed by atoms with van der Waals surface area (Å²) in [7, 11) is 0. The molecule has 0 spiro atoms. The third-order valence-corrected chi connectivity index (χ3v) is 4.90. The molecule has 0 amide bonds. The molecular formula is C16H21FN2OS. The van der Waals surface area contributed by atoms with Gasteiger partial charge in [0.2, 0.25) is 0 Å². The number of hydrogen-bond acceptors (Lipinski definition) is 4. The van der Waals surface area contributed by atoms with Crippen molar-refractivity contribution in [3.05, 3.63) is 35.6 Å². The van der Waals surface area contributed by atoms with Gasteiger partial charge in [-0.2, -0.15) is 0 Å². The number of hydrogen-bond donors (Lipinski definition) is 0. The van der Waals surface area contributed by atoms with Crippen LogP contribution >= 0.6 is 11.8 Å². The van der Waals surface area contributed by atoms with Crippen molar-refractivity contribution >= 4 is 16.9 Å². The largest absolute Gasteiger partial charge is 0.376 e. The first-order valence-electron chi connectivity index (χ1n) is 7.59. The number of nitrogens with zero attached hydrogens (tertiary/aromatic N) is 2. The Morgan fingerprint density at radius 1 is 1.38 bits per heavy atom. The minimum atomic E-state index is -0.178. The van der Waals surface area contributed by atoms with Crippen molar-refractivity contribution in [3.63, 3.8) is 0 Å². The van der Waals surface area contributed by atoms with E-state index in [4.69, 9.17) is 4.74 Å². The van der Waals surface area contributed by atoms with Crippen LogP contribution in [0.15, 0.2) is 29.3 Å². The van der Waals surface area contributed by atoms with Gasteiger partial charge in [-0.1, -0.05) is 23.9 Å². The van der Waals surface area contributed by atoms with Gasteiger partial charge in [0.05, 0.1) is 6.10 Å². The fraction of sp³-hybridized carbons (Fsp3) is 0.562. The van der Waals surface area contributed by atoms with Crippen molar-refractivity contribution in [2.75, 3.05) is 25.4 Å². The van der Waals surface area contributed by atoms with Crippen LogP contribution in [-0.2, 0) is 11.3 Å². The van der Waals surface area contributed by atoms with Gasteiger partial charge in [-0.05, 0) is 37.0 Å². The van der Waals surface area contributed by atoms with Gasteiger partial charge in [-0.3, -0.25) is 4.99 Å². The van der Waals surface area contributed by atoms with Crippen molar-refractivity contribution in [1.29, 1.82) is 0 Å². The summed E-state index contributed by atoms with van der Waals surface area (Å²) in [4.78, 5) is 6.91. The second-order valence-electron chi connectivity index (χ2n) is 5.51. The molecule has 21 heavy (non-hydrogen) atoms. The van der Waals surface area contributed by atoms with E-state index in [1.807, 2.05) is 6.07 Å². The van der Waals surface area contributed by atoms with Gasteiger partial charge in [0.1, 0.15) is 5.82 Å². The summed E-state index contributed by atoms with van der Waals surface area (Å²) in [5.41, 5.74) is 0.988. The van der Waals surface area contributed by atoms with Crippen LogP contribution in [0.1, 0.15) is 24.8 Å². The Bertz CT molecular complexity index is 503. The van der Waals surface area contributed by atoms with E-state index in [0.29, 0.717) is 6.54 Å². The average Bonchev–Trinajstić information content (AvgIpc) is 3.01. The maximum Gasteiger partial charge on any atom is 0.159 e. The number of rotatable bonds is 4. The van der Waals surface area contributed by atoms with Crippen LogP contribution < -0.4 is 0 Å². The van der Waals surface area contributed by atoms with Crippen molar-refractivity contribution in [2.24, 2.45) is 4.99 Å². The van der Waals surface area contributed by atoms with Crippen molar-refractivity contribution in [3.8, 4) is 0 Å². The normalized spacial score (nSPS) is 22.1. The van der Waals surface area contributed by atoms with E-state index in [2.05, 4.69) is 9.89 Å². The molecule has 1 aromatic carbocycles. The first-order chi connectivity index (χ1) is 10.3. The zero-order valence-electron chi connectivity index (χ0n) is 12.1. The molecular weight excluding hydrogens is 287 g/mol. The van der Waals surface area contributed by atoms with Crippen LogP contribution in [0.4, 0.5) is 4.39 Å². The zero-order chi connectivity index (χ0) is 14.5. The lowest BCUT2D eigenvalue weighted by molar-refractivity contribution is 0.0906. The summed E-state index contributed by atoms with van der Waals surface area (Å²) in [6.07, 6.45) is 3.67. The van der Waals surface area contributed by atoms with Crippen LogP contribution in [0.3, 0.4) is 0 Å². The second-order valence-corrected chi connectivity index (χ2v) is 6.57. The Kier molecular flexibility index (Phi) is 5.14. The highest BCUT2D eigenvalue weighted by Crippen LogP contribution is 2.21. The number of benzene rings is 1. The fourth-order valence-corrected chi connectivity index (χ4v) is 3.70. The summed E-state index contributed by atoms with van der Waals surface area (Å²) in [5.74, 6) is 0.937. The lowest BCUT2D eigenvalue weighted by atomic mass is 10.2. The van der Waals surface area contributed by atoms with Crippen molar-refractivity contribution < 1.29 is 9.13 Å². The lowest BCUT2D eigenvalue weighted by Gasteiger charge is -2.29. The van der Waals surface area contributed by atoms with Crippen molar-refractivity contribution in [2.45, 2.75) is 31.9 Å². The molecule has 1 atom stereocenters. The zero-order valence-corrected chi connectivity index (χ0v) is 12.9. The third-order valence-electron chi connectivity index (χ3n) is 3.76. The fourth-order valence-electron chi connectivity index (χ4n) is 2.74. The summed E-state index contributed by atoms with van der Waals surface area (Å²) >= 11 is 1.80. The molecule has 2 aliphatic heterocycles. The Hall–Kier alpha value is -1.07. The van der Waals surface area contributed by atoms with E-state index >= 15 is 0 Å². The van der Waals surface area contributed by atoms with Crippen LogP contribution in [0.5, 0.6) is 0 Å². The topological polar surface area (TPSA) is 24.8 Å². The smallest absolute Gasteiger partial charge is 0.159 e. The maximum absolute atomic E-state index is 13.4. The Morgan fingerprint density at radius 2 is 2.33 bits per heavy atom. The van der Waals surface area contributed by atoms with Crippen LogP contribution in [0.25, 0.3) is 0 Å². The number of thioether (sulfide) groups is 1. The molecule has 1 unspecified atom stereocenters. The first-order valence-corrected chi connectivity index (χ1v) is 8.58. The molecule has 1 aromatic rings. The molecule has 5 heteroatoms. The van der Waals surface area contributed by atoms with Crippen LogP contribution in [0.2, 0.25) is 0 Å². The number of halogens is 1. The molecule has 0 saturated carbocycles. The SMILES string of the molecule is Fc1cccc(CN(CC2CCCO2)C2=NCCCS2)c1. The molecule has 0 bridgehead atoms. The third kappa shape index (κ3) is 4.20. The molecule has 0 N–H and O–H groups in total. The molecule has 2 aliphatic rings. The van der Waals surface area contributed by atoms with Gasteiger partial charge >= 0.3 is 0 Å². The van der Waals surface area contributed by atoms with E-state index in [1.54, 1.807) is 23.9 Å². The maximum atomic E-state index is 13.4. The standard InChI is InChI=1S/C16H21FN2OS/c17-14-5-1-4-13(10-14)11-19(12-15-6-2-8-20-15)16-18-7-3-9-21-16/h1,4-5,10,15H,2-3,6-9,11-12H2. The Labute approximate surface area is 129 Å². The quantitative estimate of drug-likeness (QED) is 0.853. The number of amidine groups is 1.